The van der Waals surface area contributed by atoms with E-state index in [0.717, 1.165) is 5.56 Å². The topological polar surface area (TPSA) is 163 Å². The Bertz CT molecular complexity index is 1470. The average Bonchev–Trinajstić information content (AvgIpc) is 3.46. The molecule has 1 saturated heterocycles. The quantitative estimate of drug-likeness (QED) is 0.182. The number of ether oxygens (including phenoxy) is 1. The monoisotopic (exact) mass is 623 g/mol. The number of amides is 2. The van der Waals surface area contributed by atoms with Crippen LogP contribution in [-0.4, -0.2) is 73.8 Å². The van der Waals surface area contributed by atoms with Crippen molar-refractivity contribution in [2.45, 2.75) is 55.9 Å². The van der Waals surface area contributed by atoms with E-state index in [2.05, 4.69) is 16.0 Å². The number of hydrogen-bond acceptors (Lipinski definition) is 8. The Morgan fingerprint density at radius 2 is 1.64 bits per heavy atom. The minimum atomic E-state index is -3.97. The number of anilines is 2. The van der Waals surface area contributed by atoms with Crippen LogP contribution in [0.15, 0.2) is 89.8 Å². The predicted octanol–water partition coefficient (Wildman–Crippen LogP) is 2.98. The van der Waals surface area contributed by atoms with Crippen LogP contribution >= 0.6 is 0 Å². The lowest BCUT2D eigenvalue weighted by Crippen LogP contribution is -2.51. The number of sulfonamides is 1. The number of nitrogens with one attached hydrogen (secondary N) is 3. The minimum absolute atomic E-state index is 0.0295. The lowest BCUT2D eigenvalue weighted by Gasteiger charge is -2.30. The van der Waals surface area contributed by atoms with Gasteiger partial charge in [-0.05, 0) is 54.3 Å². The highest BCUT2D eigenvalue weighted by atomic mass is 32.2. The summed E-state index contributed by atoms with van der Waals surface area (Å²) < 4.78 is 34.0. The van der Waals surface area contributed by atoms with Crippen molar-refractivity contribution in [2.24, 2.45) is 5.92 Å². The minimum Gasteiger partial charge on any atom is -0.445 e. The molecule has 44 heavy (non-hydrogen) atoms. The van der Waals surface area contributed by atoms with E-state index in [1.807, 2.05) is 62.4 Å². The van der Waals surface area contributed by atoms with Crippen LogP contribution in [0.2, 0.25) is 0 Å². The third-order valence-electron chi connectivity index (χ3n) is 7.27. The molecule has 4 rings (SSSR count). The molecule has 1 aliphatic rings. The molecular weight excluding hydrogens is 582 g/mol. The number of aliphatic hydroxyl groups excluding tert-OH is 1. The second-order valence-electron chi connectivity index (χ2n) is 11.4. The standard InChI is InChI=1S/C32H41N5O6S/c1-22(2)20-37(44(41,42)27-15-13-24(33)14-16-27)21-30(38)28(17-23-9-5-3-6-10-23)36-32(40)43-26-18-29(34-19-26)31(39)35-25-11-7-4-8-12-25/h3-16,22,26,28-30,34,38H,17-21,33H2,1-2H3,(H,35,39)(H,36,40)/t26-,28+,29+,30-/m1/s1. The lowest BCUT2D eigenvalue weighted by atomic mass is 10.0. The number of nitrogens with zero attached hydrogens (tertiary/aromatic N) is 1. The second-order valence-corrected chi connectivity index (χ2v) is 13.3. The third kappa shape index (κ3) is 9.26. The fraction of sp³-hybridized carbons (Fsp3) is 0.375. The highest BCUT2D eigenvalue weighted by Gasteiger charge is 2.34. The zero-order valence-corrected chi connectivity index (χ0v) is 25.7. The molecule has 0 radical (unpaired) electrons. The Morgan fingerprint density at radius 1 is 1.00 bits per heavy atom. The van der Waals surface area contributed by atoms with Crippen molar-refractivity contribution in [3.05, 3.63) is 90.5 Å². The van der Waals surface area contributed by atoms with Gasteiger partial charge in [0.1, 0.15) is 6.10 Å². The van der Waals surface area contributed by atoms with E-state index in [4.69, 9.17) is 10.5 Å². The fourth-order valence-electron chi connectivity index (χ4n) is 5.03. The van der Waals surface area contributed by atoms with E-state index in [0.29, 0.717) is 11.4 Å². The molecule has 0 aliphatic carbocycles. The summed E-state index contributed by atoms with van der Waals surface area (Å²) in [5.41, 5.74) is 7.70. The van der Waals surface area contributed by atoms with Gasteiger partial charge in [0.25, 0.3) is 0 Å². The van der Waals surface area contributed by atoms with Crippen LogP contribution in [0.1, 0.15) is 25.8 Å². The van der Waals surface area contributed by atoms with Crippen molar-refractivity contribution in [1.29, 1.82) is 0 Å². The van der Waals surface area contributed by atoms with Crippen molar-refractivity contribution in [3.8, 4) is 0 Å². The van der Waals surface area contributed by atoms with Gasteiger partial charge < -0.3 is 31.5 Å². The van der Waals surface area contributed by atoms with Crippen LogP contribution in [0.4, 0.5) is 16.2 Å². The summed E-state index contributed by atoms with van der Waals surface area (Å²) in [7, 11) is -3.97. The van der Waals surface area contributed by atoms with E-state index in [9.17, 15) is 23.1 Å². The Kier molecular flexibility index (Phi) is 11.3. The molecule has 236 valence electrons. The van der Waals surface area contributed by atoms with Crippen LogP contribution in [0.5, 0.6) is 0 Å². The molecule has 0 saturated carbocycles. The molecule has 11 nitrogen and oxygen atoms in total. The van der Waals surface area contributed by atoms with Crippen LogP contribution in [0.3, 0.4) is 0 Å². The number of rotatable bonds is 13. The third-order valence-corrected chi connectivity index (χ3v) is 9.11. The first-order valence-electron chi connectivity index (χ1n) is 14.7. The zero-order valence-electron chi connectivity index (χ0n) is 24.9. The lowest BCUT2D eigenvalue weighted by molar-refractivity contribution is -0.117. The van der Waals surface area contributed by atoms with Gasteiger partial charge in [0.05, 0.1) is 23.1 Å². The van der Waals surface area contributed by atoms with E-state index in [1.54, 1.807) is 12.1 Å². The number of aliphatic hydroxyl groups is 1. The van der Waals surface area contributed by atoms with Gasteiger partial charge in [-0.1, -0.05) is 62.4 Å². The SMILES string of the molecule is CC(C)CN(C[C@@H](O)[C@H](Cc1ccccc1)NC(=O)O[C@H]1CN[C@H](C(=O)Nc2ccccc2)C1)S(=O)(=O)c1ccc(N)cc1. The molecule has 1 heterocycles. The summed E-state index contributed by atoms with van der Waals surface area (Å²) in [6, 6.07) is 22.8. The van der Waals surface area contributed by atoms with Gasteiger partial charge in [0.2, 0.25) is 15.9 Å². The van der Waals surface area contributed by atoms with Crippen LogP contribution in [0, 0.1) is 5.92 Å². The van der Waals surface area contributed by atoms with Gasteiger partial charge in [-0.2, -0.15) is 4.31 Å². The first-order chi connectivity index (χ1) is 21.0. The summed E-state index contributed by atoms with van der Waals surface area (Å²) in [5, 5.41) is 20.1. The van der Waals surface area contributed by atoms with Gasteiger partial charge in [-0.3, -0.25) is 4.79 Å². The maximum Gasteiger partial charge on any atom is 0.407 e. The summed E-state index contributed by atoms with van der Waals surface area (Å²) in [4.78, 5) is 25.8. The molecule has 2 amide bonds. The molecule has 0 aromatic heterocycles. The largest absolute Gasteiger partial charge is 0.445 e. The molecule has 3 aromatic carbocycles. The molecule has 3 aromatic rings. The number of carbonyl (C=O) groups is 2. The van der Waals surface area contributed by atoms with Crippen LogP contribution < -0.4 is 21.7 Å². The molecule has 0 spiro atoms. The van der Waals surface area contributed by atoms with Crippen molar-refractivity contribution in [3.63, 3.8) is 0 Å². The van der Waals surface area contributed by atoms with Gasteiger partial charge in [0, 0.05) is 37.4 Å². The highest BCUT2D eigenvalue weighted by molar-refractivity contribution is 7.89. The zero-order chi connectivity index (χ0) is 31.7. The van der Waals surface area contributed by atoms with E-state index in [1.165, 1.54) is 28.6 Å². The smallest absolute Gasteiger partial charge is 0.407 e. The maximum atomic E-state index is 13.6. The van der Waals surface area contributed by atoms with Crippen molar-refractivity contribution < 1.29 is 27.9 Å². The first-order valence-corrected chi connectivity index (χ1v) is 16.1. The summed E-state index contributed by atoms with van der Waals surface area (Å²) in [5.74, 6) is -0.259. The Morgan fingerprint density at radius 3 is 2.27 bits per heavy atom. The van der Waals surface area contributed by atoms with Crippen molar-refractivity contribution >= 4 is 33.4 Å². The molecule has 6 N–H and O–H groups in total. The van der Waals surface area contributed by atoms with E-state index in [-0.39, 0.29) is 49.2 Å². The van der Waals surface area contributed by atoms with Gasteiger partial charge in [-0.25, -0.2) is 13.2 Å². The van der Waals surface area contributed by atoms with Gasteiger partial charge in [-0.15, -0.1) is 0 Å². The molecular formula is C32H41N5O6S. The normalized spacial score (nSPS) is 18.1. The maximum absolute atomic E-state index is 13.6. The Balaban J connectivity index is 1.43. The van der Waals surface area contributed by atoms with Crippen molar-refractivity contribution in [1.82, 2.24) is 14.9 Å². The van der Waals surface area contributed by atoms with E-state index < -0.39 is 40.4 Å². The number of nitrogens with two attached hydrogens (primary N) is 1. The summed E-state index contributed by atoms with van der Waals surface area (Å²) >= 11 is 0. The molecule has 1 fully saturated rings. The van der Waals surface area contributed by atoms with Crippen LogP contribution in [0.25, 0.3) is 0 Å². The number of hydrogen-bond donors (Lipinski definition) is 5. The molecule has 12 heteroatoms. The Labute approximate surface area is 258 Å². The second kappa shape index (κ2) is 15.2. The summed E-state index contributed by atoms with van der Waals surface area (Å²) in [6.45, 7) is 3.96. The number of benzene rings is 3. The Hall–Kier alpha value is -3.97. The number of alkyl carbamates (subject to hydrolysis) is 1. The fourth-order valence-corrected chi connectivity index (χ4v) is 6.66. The highest BCUT2D eigenvalue weighted by Crippen LogP contribution is 2.21. The average molecular weight is 624 g/mol. The van der Waals surface area contributed by atoms with Crippen LogP contribution in [-0.2, 0) is 26.0 Å². The number of carbonyl (C=O) groups excluding carboxylic acids is 2. The number of para-hydroxylation sites is 1. The van der Waals surface area contributed by atoms with Gasteiger partial charge >= 0.3 is 6.09 Å². The molecule has 0 unspecified atom stereocenters. The first kappa shape index (κ1) is 32.9. The molecule has 4 atom stereocenters. The van der Waals surface area contributed by atoms with Crippen molar-refractivity contribution in [2.75, 3.05) is 30.7 Å². The predicted molar refractivity (Wildman–Crippen MR) is 169 cm³/mol. The number of nitrogen functional groups attached to an aromatic ring is 1. The van der Waals surface area contributed by atoms with E-state index >= 15 is 0 Å². The molecule has 1 aliphatic heterocycles. The summed E-state index contributed by atoms with van der Waals surface area (Å²) in [6.07, 6.45) is -2.09. The van der Waals surface area contributed by atoms with Gasteiger partial charge in [0.15, 0.2) is 0 Å². The molecule has 0 bridgehead atoms.